The molecule has 0 amide bonds. The molecule has 1 nitrogen and oxygen atoms in total. The summed E-state index contributed by atoms with van der Waals surface area (Å²) in [5.74, 6) is 0.394. The van der Waals surface area contributed by atoms with Crippen LogP contribution < -0.4 is 4.74 Å². The molecule has 3 heteroatoms. The number of benzene rings is 2. The Labute approximate surface area is 109 Å². The Balaban J connectivity index is 2.27. The molecule has 0 spiro atoms. The van der Waals surface area contributed by atoms with Gasteiger partial charge in [0, 0.05) is 21.7 Å². The lowest BCUT2D eigenvalue weighted by Gasteiger charge is -2.17. The zero-order valence-electron chi connectivity index (χ0n) is 9.49. The minimum Gasteiger partial charge on any atom is -0.488 e. The number of hydrogen-bond donors (Lipinski definition) is 0. The van der Waals surface area contributed by atoms with E-state index in [4.69, 9.17) is 16.3 Å². The van der Waals surface area contributed by atoms with Crippen LogP contribution in [0.25, 0.3) is 17.2 Å². The van der Waals surface area contributed by atoms with Crippen LogP contribution in [0, 0.1) is 5.82 Å². The number of hydrogen-bond acceptors (Lipinski definition) is 1. The molecular formula is C15H10ClFO. The zero-order chi connectivity index (χ0) is 12.5. The van der Waals surface area contributed by atoms with Crippen molar-refractivity contribution < 1.29 is 9.13 Å². The lowest BCUT2D eigenvalue weighted by Crippen LogP contribution is -2.03. The average Bonchev–Trinajstić information content (AvgIpc) is 2.38. The maximum Gasteiger partial charge on any atom is 0.135 e. The normalized spacial score (nSPS) is 13.0. The summed E-state index contributed by atoms with van der Waals surface area (Å²) in [6, 6.07) is 10.3. The summed E-state index contributed by atoms with van der Waals surface area (Å²) in [6.45, 7) is 0.496. The monoisotopic (exact) mass is 260 g/mol. The second-order valence-corrected chi connectivity index (χ2v) is 4.47. The van der Waals surface area contributed by atoms with Gasteiger partial charge >= 0.3 is 0 Å². The van der Waals surface area contributed by atoms with E-state index >= 15 is 0 Å². The summed E-state index contributed by atoms with van der Waals surface area (Å²) >= 11 is 6.16. The van der Waals surface area contributed by atoms with Crippen molar-refractivity contribution in [1.82, 2.24) is 0 Å². The molecule has 0 saturated heterocycles. The molecule has 0 N–H and O–H groups in total. The van der Waals surface area contributed by atoms with E-state index in [0.29, 0.717) is 22.9 Å². The maximum absolute atomic E-state index is 13.6. The fraction of sp³-hybridized carbons (Fsp3) is 0.0667. The van der Waals surface area contributed by atoms with Crippen molar-refractivity contribution in [3.05, 3.63) is 58.9 Å². The van der Waals surface area contributed by atoms with E-state index in [0.717, 1.165) is 11.1 Å². The van der Waals surface area contributed by atoms with Crippen molar-refractivity contribution in [2.24, 2.45) is 0 Å². The van der Waals surface area contributed by atoms with Crippen LogP contribution >= 0.6 is 11.6 Å². The standard InChI is InChI=1S/C15H10ClFO/c16-14-6-2-1-5-12(14)13-9-11(17)8-10-4-3-7-18-15(10)13/h1-6,8-9H,7H2. The van der Waals surface area contributed by atoms with Crippen LogP contribution in [0.3, 0.4) is 0 Å². The highest BCUT2D eigenvalue weighted by atomic mass is 35.5. The summed E-state index contributed by atoms with van der Waals surface area (Å²) in [6.07, 6.45) is 3.72. The van der Waals surface area contributed by atoms with Crippen LogP contribution in [-0.4, -0.2) is 6.61 Å². The first-order valence-electron chi connectivity index (χ1n) is 5.63. The van der Waals surface area contributed by atoms with Crippen molar-refractivity contribution in [3.63, 3.8) is 0 Å². The third-order valence-corrected chi connectivity index (χ3v) is 3.20. The molecule has 3 rings (SSSR count). The van der Waals surface area contributed by atoms with Gasteiger partial charge in [0.05, 0.1) is 0 Å². The highest BCUT2D eigenvalue weighted by Gasteiger charge is 2.16. The molecular weight excluding hydrogens is 251 g/mol. The van der Waals surface area contributed by atoms with Crippen LogP contribution in [0.2, 0.25) is 5.02 Å². The Kier molecular flexibility index (Phi) is 2.80. The van der Waals surface area contributed by atoms with E-state index in [-0.39, 0.29) is 5.82 Å². The van der Waals surface area contributed by atoms with Gasteiger partial charge in [0.2, 0.25) is 0 Å². The van der Waals surface area contributed by atoms with Crippen molar-refractivity contribution in [3.8, 4) is 16.9 Å². The van der Waals surface area contributed by atoms with Gasteiger partial charge in [0.15, 0.2) is 0 Å². The molecule has 0 radical (unpaired) electrons. The molecule has 0 unspecified atom stereocenters. The lowest BCUT2D eigenvalue weighted by atomic mass is 10.00. The highest BCUT2D eigenvalue weighted by Crippen LogP contribution is 2.39. The first kappa shape index (κ1) is 11.3. The molecule has 90 valence electrons. The summed E-state index contributed by atoms with van der Waals surface area (Å²) in [4.78, 5) is 0. The number of fused-ring (bicyclic) bond motifs is 1. The lowest BCUT2D eigenvalue weighted by molar-refractivity contribution is 0.359. The third-order valence-electron chi connectivity index (χ3n) is 2.87. The Morgan fingerprint density at radius 3 is 2.78 bits per heavy atom. The predicted octanol–water partition coefficient (Wildman–Crippen LogP) is 4.55. The fourth-order valence-corrected chi connectivity index (χ4v) is 2.32. The van der Waals surface area contributed by atoms with E-state index in [1.807, 2.05) is 30.4 Å². The van der Waals surface area contributed by atoms with Crippen LogP contribution in [0.4, 0.5) is 4.39 Å². The Morgan fingerprint density at radius 1 is 1.11 bits per heavy atom. The Morgan fingerprint density at radius 2 is 1.94 bits per heavy atom. The molecule has 1 aliphatic rings. The summed E-state index contributed by atoms with van der Waals surface area (Å²) in [7, 11) is 0. The van der Waals surface area contributed by atoms with Crippen LogP contribution in [0.1, 0.15) is 5.56 Å². The molecule has 0 aromatic heterocycles. The fourth-order valence-electron chi connectivity index (χ4n) is 2.09. The van der Waals surface area contributed by atoms with Gasteiger partial charge in [0.25, 0.3) is 0 Å². The van der Waals surface area contributed by atoms with E-state index in [9.17, 15) is 4.39 Å². The predicted molar refractivity (Wildman–Crippen MR) is 71.4 cm³/mol. The van der Waals surface area contributed by atoms with E-state index in [1.54, 1.807) is 6.07 Å². The molecule has 2 aromatic carbocycles. The van der Waals surface area contributed by atoms with E-state index < -0.39 is 0 Å². The topological polar surface area (TPSA) is 9.23 Å². The summed E-state index contributed by atoms with van der Waals surface area (Å²) < 4.78 is 19.2. The van der Waals surface area contributed by atoms with E-state index in [2.05, 4.69) is 0 Å². The van der Waals surface area contributed by atoms with Crippen LogP contribution in [0.5, 0.6) is 5.75 Å². The zero-order valence-corrected chi connectivity index (χ0v) is 10.2. The molecule has 0 aliphatic carbocycles. The van der Waals surface area contributed by atoms with Crippen molar-refractivity contribution in [2.45, 2.75) is 0 Å². The largest absolute Gasteiger partial charge is 0.488 e. The van der Waals surface area contributed by atoms with Gasteiger partial charge in [-0.1, -0.05) is 35.9 Å². The van der Waals surface area contributed by atoms with Gasteiger partial charge in [-0.15, -0.1) is 0 Å². The van der Waals surface area contributed by atoms with Crippen LogP contribution in [-0.2, 0) is 0 Å². The molecule has 1 aliphatic heterocycles. The first-order valence-corrected chi connectivity index (χ1v) is 6.01. The molecule has 18 heavy (non-hydrogen) atoms. The van der Waals surface area contributed by atoms with Crippen molar-refractivity contribution in [2.75, 3.05) is 6.61 Å². The van der Waals surface area contributed by atoms with Gasteiger partial charge in [-0.05, 0) is 24.3 Å². The number of ether oxygens (including phenoxy) is 1. The Hall–Kier alpha value is -1.80. The minimum atomic E-state index is -0.293. The quantitative estimate of drug-likeness (QED) is 0.731. The molecule has 0 atom stereocenters. The number of halogens is 2. The van der Waals surface area contributed by atoms with Gasteiger partial charge in [-0.3, -0.25) is 0 Å². The smallest absolute Gasteiger partial charge is 0.135 e. The number of rotatable bonds is 1. The maximum atomic E-state index is 13.6. The minimum absolute atomic E-state index is 0.293. The first-order chi connectivity index (χ1) is 8.75. The third kappa shape index (κ3) is 1.89. The SMILES string of the molecule is Fc1cc2c(c(-c3ccccc3Cl)c1)OCC=C2. The van der Waals surface area contributed by atoms with Gasteiger partial charge in [0.1, 0.15) is 18.2 Å². The highest BCUT2D eigenvalue weighted by molar-refractivity contribution is 6.33. The second kappa shape index (κ2) is 4.46. The van der Waals surface area contributed by atoms with Gasteiger partial charge in [-0.25, -0.2) is 4.39 Å². The molecule has 0 saturated carbocycles. The van der Waals surface area contributed by atoms with Gasteiger partial charge in [-0.2, -0.15) is 0 Å². The molecule has 0 fully saturated rings. The Bertz CT molecular complexity index is 634. The van der Waals surface area contributed by atoms with Crippen molar-refractivity contribution >= 4 is 17.7 Å². The molecule has 2 aromatic rings. The van der Waals surface area contributed by atoms with Crippen LogP contribution in [0.15, 0.2) is 42.5 Å². The summed E-state index contributed by atoms with van der Waals surface area (Å²) in [5.41, 5.74) is 2.22. The summed E-state index contributed by atoms with van der Waals surface area (Å²) in [5, 5.41) is 0.587. The average molecular weight is 261 g/mol. The second-order valence-electron chi connectivity index (χ2n) is 4.06. The van der Waals surface area contributed by atoms with Gasteiger partial charge < -0.3 is 4.74 Å². The molecule has 1 heterocycles. The molecule has 0 bridgehead atoms. The van der Waals surface area contributed by atoms with Crippen molar-refractivity contribution in [1.29, 1.82) is 0 Å². The van der Waals surface area contributed by atoms with E-state index in [1.165, 1.54) is 12.1 Å².